The topological polar surface area (TPSA) is 0 Å². The highest BCUT2D eigenvalue weighted by atomic mass is 35.5. The molecule has 1 heteroatoms. The number of halogens is 1. The van der Waals surface area contributed by atoms with E-state index in [2.05, 4.69) is 100 Å². The van der Waals surface area contributed by atoms with Crippen LogP contribution in [-0.4, -0.2) is 0 Å². The molecule has 0 radical (unpaired) electrons. The lowest BCUT2D eigenvalue weighted by atomic mass is 9.79. The van der Waals surface area contributed by atoms with Gasteiger partial charge >= 0.3 is 0 Å². The predicted molar refractivity (Wildman–Crippen MR) is 132 cm³/mol. The van der Waals surface area contributed by atoms with Crippen LogP contribution >= 0.6 is 11.6 Å². The largest absolute Gasteiger partial charge is 0.0837 e. The van der Waals surface area contributed by atoms with Crippen LogP contribution in [0.4, 0.5) is 0 Å². The Morgan fingerprint density at radius 2 is 1.16 bits per heavy atom. The van der Waals surface area contributed by atoms with Crippen molar-refractivity contribution < 1.29 is 0 Å². The Hall–Kier alpha value is -2.83. The summed E-state index contributed by atoms with van der Waals surface area (Å²) in [5.41, 5.74) is 13.2. The first-order valence-corrected chi connectivity index (χ1v) is 11.4. The highest BCUT2D eigenvalue weighted by Crippen LogP contribution is 2.57. The number of hydrogen-bond donors (Lipinski definition) is 0. The van der Waals surface area contributed by atoms with Crippen molar-refractivity contribution in [2.24, 2.45) is 0 Å². The van der Waals surface area contributed by atoms with Crippen molar-refractivity contribution in [1.29, 1.82) is 0 Å². The summed E-state index contributed by atoms with van der Waals surface area (Å²) in [5, 5.41) is 0.851. The van der Waals surface area contributed by atoms with Crippen LogP contribution in [0.25, 0.3) is 33.4 Å². The van der Waals surface area contributed by atoms with E-state index in [9.17, 15) is 0 Å². The zero-order chi connectivity index (χ0) is 21.5. The first-order chi connectivity index (χ1) is 14.8. The number of benzene rings is 4. The molecular weight excluding hydrogens is 396 g/mol. The Morgan fingerprint density at radius 1 is 0.516 bits per heavy atom. The lowest BCUT2D eigenvalue weighted by Crippen LogP contribution is -2.17. The summed E-state index contributed by atoms with van der Waals surface area (Å²) >= 11 is 6.72. The molecule has 0 N–H and O–H groups in total. The normalized spacial score (nSPS) is 16.4. The monoisotopic (exact) mass is 420 g/mol. The van der Waals surface area contributed by atoms with E-state index in [0.717, 1.165) is 5.02 Å². The van der Waals surface area contributed by atoms with E-state index >= 15 is 0 Å². The van der Waals surface area contributed by atoms with Crippen LogP contribution in [-0.2, 0) is 10.8 Å². The Bertz CT molecular complexity index is 1370. The summed E-state index contributed by atoms with van der Waals surface area (Å²) in [7, 11) is 0. The molecule has 0 saturated carbocycles. The van der Waals surface area contributed by atoms with E-state index in [4.69, 9.17) is 11.6 Å². The molecule has 0 spiro atoms. The summed E-state index contributed by atoms with van der Waals surface area (Å²) in [6.07, 6.45) is 0. The zero-order valence-corrected chi connectivity index (χ0v) is 19.1. The number of fused-ring (bicyclic) bond motifs is 6. The van der Waals surface area contributed by atoms with Crippen molar-refractivity contribution in [2.75, 3.05) is 0 Å². The SMILES string of the molecule is CC1(C)c2cc(-c3ccccc3)ccc2-c2cc3c(cc21)-c1c(Cl)cccc1C3(C)C. The molecule has 0 aliphatic heterocycles. The minimum absolute atomic E-state index is 0.0541. The Balaban J connectivity index is 1.60. The van der Waals surface area contributed by atoms with Gasteiger partial charge < -0.3 is 0 Å². The van der Waals surface area contributed by atoms with Crippen molar-refractivity contribution in [3.05, 3.63) is 106 Å². The average Bonchev–Trinajstić information content (AvgIpc) is 3.13. The quantitative estimate of drug-likeness (QED) is 0.289. The van der Waals surface area contributed by atoms with Crippen LogP contribution < -0.4 is 0 Å². The minimum atomic E-state index is -0.0569. The van der Waals surface area contributed by atoms with Gasteiger partial charge in [-0.15, -0.1) is 0 Å². The Labute approximate surface area is 189 Å². The van der Waals surface area contributed by atoms with E-state index in [-0.39, 0.29) is 10.8 Å². The fraction of sp³-hybridized carbons (Fsp3) is 0.200. The van der Waals surface area contributed by atoms with Gasteiger partial charge in [0, 0.05) is 21.4 Å². The van der Waals surface area contributed by atoms with Crippen LogP contribution in [0.3, 0.4) is 0 Å². The van der Waals surface area contributed by atoms with Gasteiger partial charge in [0.1, 0.15) is 0 Å². The zero-order valence-electron chi connectivity index (χ0n) is 18.4. The number of hydrogen-bond acceptors (Lipinski definition) is 0. The molecule has 0 bridgehead atoms. The van der Waals surface area contributed by atoms with E-state index < -0.39 is 0 Å². The summed E-state index contributed by atoms with van der Waals surface area (Å²) in [5.74, 6) is 0. The molecule has 2 aliphatic carbocycles. The summed E-state index contributed by atoms with van der Waals surface area (Å²) in [6.45, 7) is 9.35. The van der Waals surface area contributed by atoms with Gasteiger partial charge in [0.05, 0.1) is 0 Å². The van der Waals surface area contributed by atoms with Crippen molar-refractivity contribution >= 4 is 11.6 Å². The van der Waals surface area contributed by atoms with Gasteiger partial charge in [0.15, 0.2) is 0 Å². The van der Waals surface area contributed by atoms with Gasteiger partial charge in [-0.05, 0) is 74.3 Å². The lowest BCUT2D eigenvalue weighted by molar-refractivity contribution is 0.652. The first kappa shape index (κ1) is 18.9. The summed E-state index contributed by atoms with van der Waals surface area (Å²) < 4.78 is 0. The van der Waals surface area contributed by atoms with E-state index in [1.165, 1.54) is 55.6 Å². The molecule has 0 saturated heterocycles. The molecule has 31 heavy (non-hydrogen) atoms. The van der Waals surface area contributed by atoms with Crippen LogP contribution in [0.1, 0.15) is 49.9 Å². The van der Waals surface area contributed by atoms with Crippen LogP contribution in [0, 0.1) is 0 Å². The molecule has 2 aliphatic rings. The highest BCUT2D eigenvalue weighted by molar-refractivity contribution is 6.34. The fourth-order valence-corrected chi connectivity index (χ4v) is 6.06. The number of rotatable bonds is 1. The van der Waals surface area contributed by atoms with Crippen molar-refractivity contribution in [2.45, 2.75) is 38.5 Å². The maximum Gasteiger partial charge on any atom is 0.0487 e. The standard InChI is InChI=1S/C30H25Cl/c1-29(2)23-11-8-12-27(31)28(23)22-17-25-21(16-26(22)29)20-14-13-19(15-24(20)30(25,3)4)18-9-6-5-7-10-18/h5-17H,1-4H3. The Kier molecular flexibility index (Phi) is 3.73. The van der Waals surface area contributed by atoms with Crippen molar-refractivity contribution in [3.8, 4) is 33.4 Å². The van der Waals surface area contributed by atoms with Crippen LogP contribution in [0.15, 0.2) is 78.9 Å². The van der Waals surface area contributed by atoms with Gasteiger partial charge in [-0.1, -0.05) is 93.9 Å². The van der Waals surface area contributed by atoms with Crippen LogP contribution in [0.2, 0.25) is 5.02 Å². The molecule has 0 nitrogen and oxygen atoms in total. The van der Waals surface area contributed by atoms with Gasteiger partial charge in [-0.3, -0.25) is 0 Å². The molecule has 6 rings (SSSR count). The van der Waals surface area contributed by atoms with Gasteiger partial charge in [0.2, 0.25) is 0 Å². The third-order valence-electron chi connectivity index (χ3n) is 7.55. The second kappa shape index (κ2) is 6.11. The van der Waals surface area contributed by atoms with Gasteiger partial charge in [-0.25, -0.2) is 0 Å². The minimum Gasteiger partial charge on any atom is -0.0837 e. The summed E-state index contributed by atoms with van der Waals surface area (Å²) in [4.78, 5) is 0. The maximum atomic E-state index is 6.72. The third-order valence-corrected chi connectivity index (χ3v) is 7.87. The van der Waals surface area contributed by atoms with Crippen LogP contribution in [0.5, 0.6) is 0 Å². The van der Waals surface area contributed by atoms with Crippen molar-refractivity contribution in [3.63, 3.8) is 0 Å². The fourth-order valence-electron chi connectivity index (χ4n) is 5.78. The first-order valence-electron chi connectivity index (χ1n) is 11.0. The second-order valence-electron chi connectivity index (χ2n) is 9.98. The van der Waals surface area contributed by atoms with E-state index in [0.29, 0.717) is 0 Å². The molecule has 0 amide bonds. The molecule has 0 fully saturated rings. The predicted octanol–water partition coefficient (Wildman–Crippen LogP) is 8.62. The van der Waals surface area contributed by atoms with E-state index in [1.807, 2.05) is 6.07 Å². The maximum absolute atomic E-state index is 6.72. The van der Waals surface area contributed by atoms with Gasteiger partial charge in [-0.2, -0.15) is 0 Å². The lowest BCUT2D eigenvalue weighted by Gasteiger charge is -2.24. The molecule has 0 unspecified atom stereocenters. The molecule has 0 aromatic heterocycles. The smallest absolute Gasteiger partial charge is 0.0487 e. The highest BCUT2D eigenvalue weighted by Gasteiger charge is 2.42. The molecule has 152 valence electrons. The van der Waals surface area contributed by atoms with Crippen molar-refractivity contribution in [1.82, 2.24) is 0 Å². The molecular formula is C30H25Cl. The Morgan fingerprint density at radius 3 is 1.94 bits per heavy atom. The third kappa shape index (κ3) is 2.43. The van der Waals surface area contributed by atoms with Gasteiger partial charge in [0.25, 0.3) is 0 Å². The molecule has 0 heterocycles. The average molecular weight is 421 g/mol. The molecule has 0 atom stereocenters. The molecule has 4 aromatic rings. The molecule has 4 aromatic carbocycles. The van der Waals surface area contributed by atoms with E-state index in [1.54, 1.807) is 0 Å². The second-order valence-corrected chi connectivity index (χ2v) is 10.4. The summed E-state index contributed by atoms with van der Waals surface area (Å²) in [6, 6.07) is 28.8.